The van der Waals surface area contributed by atoms with Crippen LogP contribution < -0.4 is 5.32 Å². The highest BCUT2D eigenvalue weighted by atomic mass is 19.3. The van der Waals surface area contributed by atoms with Gasteiger partial charge < -0.3 is 10.2 Å². The molecular formula is C11H19F2N3O. The molecule has 0 aliphatic carbocycles. The zero-order valence-corrected chi connectivity index (χ0v) is 10.8. The normalized spacial score (nSPS) is 14.0. The quantitative estimate of drug-likeness (QED) is 0.798. The van der Waals surface area contributed by atoms with E-state index in [-0.39, 0.29) is 0 Å². The van der Waals surface area contributed by atoms with Crippen LogP contribution in [0, 0.1) is 11.3 Å². The van der Waals surface area contributed by atoms with Crippen LogP contribution in [0.2, 0.25) is 0 Å². The molecule has 1 unspecified atom stereocenters. The zero-order chi connectivity index (χ0) is 13.9. The number of rotatable bonds is 5. The Morgan fingerprint density at radius 2 is 1.94 bits per heavy atom. The van der Waals surface area contributed by atoms with Crippen molar-refractivity contribution in [3.8, 4) is 6.07 Å². The van der Waals surface area contributed by atoms with Gasteiger partial charge in [0.15, 0.2) is 0 Å². The summed E-state index contributed by atoms with van der Waals surface area (Å²) in [4.78, 5) is 13.1. The Morgan fingerprint density at radius 3 is 2.24 bits per heavy atom. The first kappa shape index (κ1) is 15.8. The SMILES string of the molecule is CNC(CC(C)(F)F)C(=O)N(C)C(C)(C)C#N. The van der Waals surface area contributed by atoms with E-state index in [0.29, 0.717) is 0 Å². The van der Waals surface area contributed by atoms with Crippen molar-refractivity contribution in [3.05, 3.63) is 0 Å². The third-order valence-electron chi connectivity index (χ3n) is 2.65. The molecule has 98 valence electrons. The molecule has 0 saturated carbocycles. The van der Waals surface area contributed by atoms with E-state index in [1.54, 1.807) is 13.8 Å². The number of hydrogen-bond acceptors (Lipinski definition) is 3. The first-order valence-electron chi connectivity index (χ1n) is 5.29. The highest BCUT2D eigenvalue weighted by Crippen LogP contribution is 2.21. The Morgan fingerprint density at radius 1 is 1.47 bits per heavy atom. The molecular weight excluding hydrogens is 228 g/mol. The van der Waals surface area contributed by atoms with Gasteiger partial charge in [-0.15, -0.1) is 0 Å². The van der Waals surface area contributed by atoms with Gasteiger partial charge in [-0.2, -0.15) is 5.26 Å². The summed E-state index contributed by atoms with van der Waals surface area (Å²) in [5.74, 6) is -3.44. The molecule has 17 heavy (non-hydrogen) atoms. The molecule has 0 aliphatic heterocycles. The zero-order valence-electron chi connectivity index (χ0n) is 10.8. The first-order chi connectivity index (χ1) is 7.55. The first-order valence-corrected chi connectivity index (χ1v) is 5.29. The number of amides is 1. The average Bonchev–Trinajstić information content (AvgIpc) is 2.22. The number of alkyl halides is 2. The molecule has 1 N–H and O–H groups in total. The number of nitrogens with zero attached hydrogens (tertiary/aromatic N) is 2. The minimum atomic E-state index is -2.93. The second kappa shape index (κ2) is 5.41. The van der Waals surface area contributed by atoms with E-state index in [0.717, 1.165) is 6.92 Å². The molecule has 1 amide bonds. The lowest BCUT2D eigenvalue weighted by Crippen LogP contribution is -2.52. The number of nitrogens with one attached hydrogen (secondary N) is 1. The standard InChI is InChI=1S/C11H19F2N3O/c1-10(2,7-14)16(5)9(17)8(15-4)6-11(3,12)13/h8,15H,6H2,1-5H3. The minimum absolute atomic E-state index is 0.513. The van der Waals surface area contributed by atoms with Gasteiger partial charge in [0, 0.05) is 13.5 Å². The topological polar surface area (TPSA) is 56.1 Å². The summed E-state index contributed by atoms with van der Waals surface area (Å²) < 4.78 is 25.8. The summed E-state index contributed by atoms with van der Waals surface area (Å²) >= 11 is 0. The monoisotopic (exact) mass is 247 g/mol. The van der Waals surface area contributed by atoms with Gasteiger partial charge in [0.1, 0.15) is 5.54 Å². The smallest absolute Gasteiger partial charge is 0.247 e. The van der Waals surface area contributed by atoms with Crippen LogP contribution in [-0.4, -0.2) is 42.4 Å². The summed E-state index contributed by atoms with van der Waals surface area (Å²) in [6, 6.07) is 0.961. The lowest BCUT2D eigenvalue weighted by atomic mass is 10.0. The van der Waals surface area contributed by atoms with Crippen LogP contribution in [0.3, 0.4) is 0 Å². The molecule has 0 bridgehead atoms. The van der Waals surface area contributed by atoms with E-state index in [1.165, 1.54) is 19.0 Å². The van der Waals surface area contributed by atoms with Crippen molar-refractivity contribution in [2.24, 2.45) is 0 Å². The van der Waals surface area contributed by atoms with Crippen LogP contribution in [0.5, 0.6) is 0 Å². The molecule has 0 aliphatic rings. The van der Waals surface area contributed by atoms with Gasteiger partial charge in [-0.25, -0.2) is 8.78 Å². The van der Waals surface area contributed by atoms with E-state index < -0.39 is 29.8 Å². The summed E-state index contributed by atoms with van der Waals surface area (Å²) in [6.45, 7) is 3.88. The lowest BCUT2D eigenvalue weighted by Gasteiger charge is -2.33. The summed E-state index contributed by atoms with van der Waals surface area (Å²) in [7, 11) is 2.88. The van der Waals surface area contributed by atoms with Crippen LogP contribution in [0.4, 0.5) is 8.78 Å². The average molecular weight is 247 g/mol. The molecule has 1 atom stereocenters. The van der Waals surface area contributed by atoms with Crippen LogP contribution in [-0.2, 0) is 4.79 Å². The lowest BCUT2D eigenvalue weighted by molar-refractivity contribution is -0.137. The molecule has 0 radical (unpaired) electrons. The Balaban J connectivity index is 4.84. The molecule has 0 rings (SSSR count). The highest BCUT2D eigenvalue weighted by Gasteiger charge is 2.36. The molecule has 6 heteroatoms. The molecule has 0 fully saturated rings. The number of halogens is 2. The van der Waals surface area contributed by atoms with Crippen LogP contribution >= 0.6 is 0 Å². The number of nitriles is 1. The van der Waals surface area contributed by atoms with Crippen LogP contribution in [0.25, 0.3) is 0 Å². The van der Waals surface area contributed by atoms with Crippen molar-refractivity contribution in [1.29, 1.82) is 5.26 Å². The van der Waals surface area contributed by atoms with E-state index in [1.807, 2.05) is 6.07 Å². The maximum atomic E-state index is 12.9. The van der Waals surface area contributed by atoms with Crippen molar-refractivity contribution in [2.45, 2.75) is 44.7 Å². The maximum absolute atomic E-state index is 12.9. The molecule has 4 nitrogen and oxygen atoms in total. The Labute approximate surface area is 101 Å². The fourth-order valence-electron chi connectivity index (χ4n) is 1.26. The Kier molecular flexibility index (Phi) is 5.02. The van der Waals surface area contributed by atoms with Gasteiger partial charge in [0.05, 0.1) is 12.1 Å². The van der Waals surface area contributed by atoms with E-state index in [9.17, 15) is 13.6 Å². The minimum Gasteiger partial charge on any atom is -0.326 e. The summed E-state index contributed by atoms with van der Waals surface area (Å²) in [6.07, 6.45) is -0.589. The van der Waals surface area contributed by atoms with Gasteiger partial charge in [-0.1, -0.05) is 0 Å². The fraction of sp³-hybridized carbons (Fsp3) is 0.818. The second-order valence-corrected chi connectivity index (χ2v) is 4.68. The van der Waals surface area contributed by atoms with Crippen molar-refractivity contribution in [2.75, 3.05) is 14.1 Å². The van der Waals surface area contributed by atoms with Gasteiger partial charge in [0.2, 0.25) is 11.8 Å². The Bertz CT molecular complexity index is 318. The van der Waals surface area contributed by atoms with Gasteiger partial charge in [0.25, 0.3) is 0 Å². The summed E-state index contributed by atoms with van der Waals surface area (Å²) in [5, 5.41) is 11.4. The highest BCUT2D eigenvalue weighted by molar-refractivity contribution is 5.82. The molecule has 0 saturated heterocycles. The second-order valence-electron chi connectivity index (χ2n) is 4.68. The maximum Gasteiger partial charge on any atom is 0.247 e. The van der Waals surface area contributed by atoms with E-state index in [4.69, 9.17) is 5.26 Å². The third kappa shape index (κ3) is 4.65. The van der Waals surface area contributed by atoms with Crippen molar-refractivity contribution in [1.82, 2.24) is 10.2 Å². The van der Waals surface area contributed by atoms with Gasteiger partial charge in [-0.3, -0.25) is 4.79 Å². The predicted molar refractivity (Wildman–Crippen MR) is 60.5 cm³/mol. The van der Waals surface area contributed by atoms with Gasteiger partial charge in [-0.05, 0) is 27.8 Å². The predicted octanol–water partition coefficient (Wildman–Crippen LogP) is 1.38. The Hall–Kier alpha value is -1.22. The van der Waals surface area contributed by atoms with E-state index >= 15 is 0 Å². The summed E-state index contributed by atoms with van der Waals surface area (Å²) in [5.41, 5.74) is -1.02. The van der Waals surface area contributed by atoms with Gasteiger partial charge >= 0.3 is 0 Å². The number of carbonyl (C=O) groups is 1. The number of likely N-dealkylation sites (N-methyl/N-ethyl adjacent to an activating group) is 2. The molecule has 0 aromatic carbocycles. The third-order valence-corrected chi connectivity index (χ3v) is 2.65. The van der Waals surface area contributed by atoms with E-state index in [2.05, 4.69) is 5.32 Å². The number of carbonyl (C=O) groups excluding carboxylic acids is 1. The van der Waals surface area contributed by atoms with Crippen molar-refractivity contribution < 1.29 is 13.6 Å². The van der Waals surface area contributed by atoms with Crippen molar-refractivity contribution >= 4 is 5.91 Å². The number of hydrogen-bond donors (Lipinski definition) is 1. The van der Waals surface area contributed by atoms with Crippen LogP contribution in [0.15, 0.2) is 0 Å². The molecule has 0 heterocycles. The van der Waals surface area contributed by atoms with Crippen molar-refractivity contribution in [3.63, 3.8) is 0 Å². The largest absolute Gasteiger partial charge is 0.326 e. The molecule has 0 aromatic heterocycles. The fourth-order valence-corrected chi connectivity index (χ4v) is 1.26. The van der Waals surface area contributed by atoms with Crippen LogP contribution in [0.1, 0.15) is 27.2 Å². The molecule has 0 spiro atoms. The molecule has 0 aromatic rings.